The third-order valence-electron chi connectivity index (χ3n) is 5.22. The fourth-order valence-corrected chi connectivity index (χ4v) is 5.55. The molecule has 32 heavy (non-hydrogen) atoms. The van der Waals surface area contributed by atoms with E-state index in [9.17, 15) is 8.42 Å². The number of hydrogen-bond donors (Lipinski definition) is 3. The molecule has 2 aromatic carbocycles. The summed E-state index contributed by atoms with van der Waals surface area (Å²) < 4.78 is 26.0. The molecule has 3 N–H and O–H groups in total. The quantitative estimate of drug-likeness (QED) is 0.334. The van der Waals surface area contributed by atoms with E-state index in [1.54, 1.807) is 35.6 Å². The van der Waals surface area contributed by atoms with Crippen LogP contribution in [0.1, 0.15) is 16.4 Å². The Morgan fingerprint density at radius 2 is 1.94 bits per heavy atom. The topological polar surface area (TPSA) is 77.2 Å². The number of thiophene rings is 1. The van der Waals surface area contributed by atoms with Gasteiger partial charge in [-0.2, -0.15) is 0 Å². The van der Waals surface area contributed by atoms with Gasteiger partial charge in [0.05, 0.1) is 4.90 Å². The van der Waals surface area contributed by atoms with Crippen LogP contribution in [0.2, 0.25) is 0 Å². The third kappa shape index (κ3) is 4.71. The van der Waals surface area contributed by atoms with E-state index in [4.69, 9.17) is 12.2 Å². The minimum atomic E-state index is -3.51. The molecule has 0 saturated carbocycles. The standard InChI is InChI=1S/C23H24N4O2S3/c1-27(2)32(28,29)17-8-5-7-16(13-17)26-23(30)25-15-20(22-11-6-12-31-22)19-14-24-21-10-4-3-9-18(19)21/h3-14,20,24H,15H2,1-2H3,(H2,25,26,30). The molecule has 0 aliphatic carbocycles. The van der Waals surface area contributed by atoms with Gasteiger partial charge in [0.25, 0.3) is 0 Å². The number of H-pyrrole nitrogens is 1. The van der Waals surface area contributed by atoms with Crippen LogP contribution in [0, 0.1) is 0 Å². The molecule has 2 heterocycles. The third-order valence-corrected chi connectivity index (χ3v) is 8.26. The van der Waals surface area contributed by atoms with E-state index in [1.165, 1.54) is 34.2 Å². The number of fused-ring (bicyclic) bond motifs is 1. The summed E-state index contributed by atoms with van der Waals surface area (Å²) in [6, 6.07) is 19.1. The molecule has 4 aromatic rings. The summed E-state index contributed by atoms with van der Waals surface area (Å²) in [5.74, 6) is 0.117. The molecule has 0 amide bonds. The average Bonchev–Trinajstić information content (AvgIpc) is 3.45. The number of nitrogens with one attached hydrogen (secondary N) is 3. The van der Waals surface area contributed by atoms with Crippen LogP contribution < -0.4 is 10.6 Å². The molecule has 0 radical (unpaired) electrons. The van der Waals surface area contributed by atoms with Gasteiger partial charge in [0.2, 0.25) is 10.0 Å². The Hall–Kier alpha value is -2.72. The maximum Gasteiger partial charge on any atom is 0.242 e. The first-order chi connectivity index (χ1) is 15.4. The predicted molar refractivity (Wildman–Crippen MR) is 136 cm³/mol. The number of sulfonamides is 1. The zero-order chi connectivity index (χ0) is 22.7. The molecule has 0 aliphatic rings. The minimum Gasteiger partial charge on any atom is -0.361 e. The first-order valence-electron chi connectivity index (χ1n) is 10.0. The second kappa shape index (κ2) is 9.41. The maximum atomic E-state index is 12.4. The number of hydrogen-bond acceptors (Lipinski definition) is 4. The van der Waals surface area contributed by atoms with Crippen molar-refractivity contribution in [2.45, 2.75) is 10.8 Å². The van der Waals surface area contributed by atoms with Gasteiger partial charge < -0.3 is 15.6 Å². The Morgan fingerprint density at radius 3 is 2.69 bits per heavy atom. The van der Waals surface area contributed by atoms with Crippen molar-refractivity contribution in [2.24, 2.45) is 0 Å². The normalized spacial score (nSPS) is 12.7. The highest BCUT2D eigenvalue weighted by molar-refractivity contribution is 7.89. The second-order valence-corrected chi connectivity index (χ2v) is 11.0. The number of anilines is 1. The van der Waals surface area contributed by atoms with Crippen LogP contribution in [0.4, 0.5) is 5.69 Å². The number of benzene rings is 2. The van der Waals surface area contributed by atoms with E-state index in [0.717, 1.165) is 5.52 Å². The SMILES string of the molecule is CN(C)S(=O)(=O)c1cccc(NC(=S)NCC(c2cccs2)c2c[nH]c3ccccc23)c1. The fourth-order valence-electron chi connectivity index (χ4n) is 3.55. The molecular weight excluding hydrogens is 460 g/mol. The van der Waals surface area contributed by atoms with Gasteiger partial charge in [0, 0.05) is 54.2 Å². The van der Waals surface area contributed by atoms with Crippen LogP contribution in [0.15, 0.2) is 77.1 Å². The van der Waals surface area contributed by atoms with E-state index in [-0.39, 0.29) is 10.8 Å². The van der Waals surface area contributed by atoms with E-state index in [1.807, 2.05) is 12.1 Å². The molecule has 9 heteroatoms. The smallest absolute Gasteiger partial charge is 0.242 e. The van der Waals surface area contributed by atoms with Gasteiger partial charge in [-0.25, -0.2) is 12.7 Å². The Bertz CT molecular complexity index is 1330. The van der Waals surface area contributed by atoms with Crippen molar-refractivity contribution in [3.05, 3.63) is 82.7 Å². The van der Waals surface area contributed by atoms with Crippen molar-refractivity contribution in [3.63, 3.8) is 0 Å². The summed E-state index contributed by atoms with van der Waals surface area (Å²) in [4.78, 5) is 4.81. The van der Waals surface area contributed by atoms with Crippen molar-refractivity contribution >= 4 is 55.3 Å². The largest absolute Gasteiger partial charge is 0.361 e. The van der Waals surface area contributed by atoms with E-state index < -0.39 is 10.0 Å². The summed E-state index contributed by atoms with van der Waals surface area (Å²) in [5.41, 5.74) is 2.92. The summed E-state index contributed by atoms with van der Waals surface area (Å²) in [7, 11) is -0.491. The number of rotatable bonds is 7. The summed E-state index contributed by atoms with van der Waals surface area (Å²) >= 11 is 7.22. The molecule has 0 saturated heterocycles. The minimum absolute atomic E-state index is 0.117. The first kappa shape index (κ1) is 22.5. The van der Waals surface area contributed by atoms with Gasteiger partial charge in [-0.1, -0.05) is 30.3 Å². The molecule has 6 nitrogen and oxygen atoms in total. The van der Waals surface area contributed by atoms with E-state index in [0.29, 0.717) is 17.3 Å². The molecule has 1 unspecified atom stereocenters. The molecule has 0 fully saturated rings. The van der Waals surface area contributed by atoms with Crippen LogP contribution in [0.25, 0.3) is 10.9 Å². The number of para-hydroxylation sites is 1. The van der Waals surface area contributed by atoms with Gasteiger partial charge in [-0.15, -0.1) is 11.3 Å². The lowest BCUT2D eigenvalue weighted by molar-refractivity contribution is 0.521. The van der Waals surface area contributed by atoms with Gasteiger partial charge in [-0.3, -0.25) is 0 Å². The van der Waals surface area contributed by atoms with Crippen LogP contribution in [0.5, 0.6) is 0 Å². The van der Waals surface area contributed by atoms with Gasteiger partial charge in [-0.05, 0) is 53.5 Å². The molecule has 0 bridgehead atoms. The Labute approximate surface area is 197 Å². The lowest BCUT2D eigenvalue weighted by Crippen LogP contribution is -2.32. The van der Waals surface area contributed by atoms with Crippen molar-refractivity contribution in [1.29, 1.82) is 0 Å². The monoisotopic (exact) mass is 484 g/mol. The highest BCUT2D eigenvalue weighted by Crippen LogP contribution is 2.32. The second-order valence-electron chi connectivity index (χ2n) is 7.51. The number of aromatic nitrogens is 1. The van der Waals surface area contributed by atoms with Crippen LogP contribution >= 0.6 is 23.6 Å². The average molecular weight is 485 g/mol. The van der Waals surface area contributed by atoms with E-state index in [2.05, 4.69) is 51.5 Å². The number of thiocarbonyl (C=S) groups is 1. The van der Waals surface area contributed by atoms with Crippen LogP contribution in [0.3, 0.4) is 0 Å². The van der Waals surface area contributed by atoms with Crippen molar-refractivity contribution < 1.29 is 8.42 Å². The summed E-state index contributed by atoms with van der Waals surface area (Å²) in [5, 5.41) is 10.1. The fraction of sp³-hybridized carbons (Fsp3) is 0.174. The lowest BCUT2D eigenvalue weighted by Gasteiger charge is -2.18. The molecule has 1 atom stereocenters. The zero-order valence-electron chi connectivity index (χ0n) is 17.7. The lowest BCUT2D eigenvalue weighted by atomic mass is 9.97. The highest BCUT2D eigenvalue weighted by atomic mass is 32.2. The molecule has 166 valence electrons. The van der Waals surface area contributed by atoms with Crippen molar-refractivity contribution in [2.75, 3.05) is 26.0 Å². The number of aromatic amines is 1. The summed E-state index contributed by atoms with van der Waals surface area (Å²) in [6.07, 6.45) is 2.06. The highest BCUT2D eigenvalue weighted by Gasteiger charge is 2.20. The molecule has 0 spiro atoms. The van der Waals surface area contributed by atoms with Crippen LogP contribution in [-0.2, 0) is 10.0 Å². The number of nitrogens with zero attached hydrogens (tertiary/aromatic N) is 1. The van der Waals surface area contributed by atoms with Gasteiger partial charge in [0.15, 0.2) is 5.11 Å². The molecule has 4 rings (SSSR count). The van der Waals surface area contributed by atoms with Gasteiger partial charge in [0.1, 0.15) is 0 Å². The van der Waals surface area contributed by atoms with Crippen molar-refractivity contribution in [1.82, 2.24) is 14.6 Å². The van der Waals surface area contributed by atoms with Gasteiger partial charge >= 0.3 is 0 Å². The molecule has 0 aliphatic heterocycles. The Balaban J connectivity index is 1.51. The van der Waals surface area contributed by atoms with Crippen molar-refractivity contribution in [3.8, 4) is 0 Å². The Kier molecular flexibility index (Phi) is 6.61. The summed E-state index contributed by atoms with van der Waals surface area (Å²) in [6.45, 7) is 0.601. The maximum absolute atomic E-state index is 12.4. The van der Waals surface area contributed by atoms with E-state index >= 15 is 0 Å². The Morgan fingerprint density at radius 1 is 1.12 bits per heavy atom. The predicted octanol–water partition coefficient (Wildman–Crippen LogP) is 4.60. The zero-order valence-corrected chi connectivity index (χ0v) is 20.2. The first-order valence-corrected chi connectivity index (χ1v) is 12.8. The van der Waals surface area contributed by atoms with Crippen LogP contribution in [-0.4, -0.2) is 43.5 Å². The molecular formula is C23H24N4O2S3. The molecule has 2 aromatic heterocycles.